The molecule has 1 fully saturated rings. The molecule has 1 aliphatic rings. The quantitative estimate of drug-likeness (QED) is 0.681. The van der Waals surface area contributed by atoms with E-state index in [-0.39, 0.29) is 24.2 Å². The Morgan fingerprint density at radius 2 is 1.89 bits per heavy atom. The van der Waals surface area contributed by atoms with E-state index in [1.165, 1.54) is 6.26 Å². The van der Waals surface area contributed by atoms with Crippen LogP contribution in [0.5, 0.6) is 0 Å². The van der Waals surface area contributed by atoms with Crippen LogP contribution in [0.3, 0.4) is 0 Å². The minimum absolute atomic E-state index is 0.197. The Balaban J connectivity index is 1.27. The van der Waals surface area contributed by atoms with Crippen LogP contribution in [0, 0.1) is 0 Å². The zero-order chi connectivity index (χ0) is 19.5. The van der Waals surface area contributed by atoms with Gasteiger partial charge in [0, 0.05) is 31.6 Å². The summed E-state index contributed by atoms with van der Waals surface area (Å²) in [5.74, 6) is -0.779. The maximum absolute atomic E-state index is 12.3. The van der Waals surface area contributed by atoms with Gasteiger partial charge in [-0.05, 0) is 24.3 Å². The van der Waals surface area contributed by atoms with E-state index < -0.39 is 5.97 Å². The van der Waals surface area contributed by atoms with E-state index >= 15 is 0 Å². The van der Waals surface area contributed by atoms with E-state index in [1.54, 1.807) is 46.3 Å². The van der Waals surface area contributed by atoms with Crippen molar-refractivity contribution in [1.82, 2.24) is 20.0 Å². The highest BCUT2D eigenvalue weighted by molar-refractivity contribution is 5.95. The molecule has 0 unspecified atom stereocenters. The zero-order valence-corrected chi connectivity index (χ0v) is 15.0. The molecule has 0 spiro atoms. The molecule has 1 saturated heterocycles. The molecule has 1 aromatic carbocycles. The van der Waals surface area contributed by atoms with Crippen LogP contribution in [0.1, 0.15) is 20.9 Å². The summed E-state index contributed by atoms with van der Waals surface area (Å²) in [6.07, 6.45) is 3.11. The number of benzene rings is 1. The molecule has 0 bridgehead atoms. The Morgan fingerprint density at radius 1 is 1.11 bits per heavy atom. The average molecular weight is 382 g/mol. The molecule has 4 rings (SSSR count). The third kappa shape index (κ3) is 3.59. The molecule has 0 saturated carbocycles. The fraction of sp³-hybridized carbons (Fsp3) is 0.263. The predicted octanol–water partition coefficient (Wildman–Crippen LogP) is 1.30. The van der Waals surface area contributed by atoms with Crippen molar-refractivity contribution < 1.29 is 23.5 Å². The number of hydrogen-bond donors (Lipinski definition) is 1. The number of nitrogens with zero attached hydrogens (tertiary/aromatic N) is 3. The summed E-state index contributed by atoms with van der Waals surface area (Å²) in [7, 11) is 0. The zero-order valence-electron chi connectivity index (χ0n) is 15.0. The number of piperazine rings is 1. The van der Waals surface area contributed by atoms with Crippen LogP contribution in [0.25, 0.3) is 10.9 Å². The maximum Gasteiger partial charge on any atom is 0.338 e. The second kappa shape index (κ2) is 7.55. The topological polar surface area (TPSA) is 109 Å². The number of furan rings is 1. The first kappa shape index (κ1) is 17.8. The van der Waals surface area contributed by atoms with Gasteiger partial charge in [-0.2, -0.15) is 5.10 Å². The van der Waals surface area contributed by atoms with Gasteiger partial charge < -0.3 is 19.0 Å². The Kier molecular flexibility index (Phi) is 4.79. The number of ether oxygens (including phenoxy) is 1. The summed E-state index contributed by atoms with van der Waals surface area (Å²) in [5.41, 5.74) is 1.07. The number of carbonyl (C=O) groups excluding carboxylic acids is 3. The normalized spacial score (nSPS) is 14.3. The van der Waals surface area contributed by atoms with Gasteiger partial charge in [0.05, 0.1) is 23.5 Å². The first-order valence-corrected chi connectivity index (χ1v) is 8.82. The number of hydrogen-bond acceptors (Lipinski definition) is 6. The van der Waals surface area contributed by atoms with Crippen LogP contribution in [-0.4, -0.2) is 70.6 Å². The van der Waals surface area contributed by atoms with E-state index in [1.807, 2.05) is 0 Å². The summed E-state index contributed by atoms with van der Waals surface area (Å²) in [6, 6.07) is 8.29. The molecule has 9 nitrogen and oxygen atoms in total. The summed E-state index contributed by atoms with van der Waals surface area (Å²) in [4.78, 5) is 39.9. The fourth-order valence-corrected chi connectivity index (χ4v) is 3.08. The number of amides is 2. The molecular weight excluding hydrogens is 364 g/mol. The third-order valence-corrected chi connectivity index (χ3v) is 4.66. The molecule has 1 N–H and O–H groups in total. The second-order valence-electron chi connectivity index (χ2n) is 6.40. The van der Waals surface area contributed by atoms with Crippen molar-refractivity contribution in [3.8, 4) is 0 Å². The predicted molar refractivity (Wildman–Crippen MR) is 97.6 cm³/mol. The number of H-pyrrole nitrogens is 1. The fourth-order valence-electron chi connectivity index (χ4n) is 3.08. The van der Waals surface area contributed by atoms with Crippen LogP contribution >= 0.6 is 0 Å². The number of aromatic nitrogens is 2. The summed E-state index contributed by atoms with van der Waals surface area (Å²) >= 11 is 0. The molecule has 0 radical (unpaired) electrons. The first-order chi connectivity index (χ1) is 13.6. The van der Waals surface area contributed by atoms with Gasteiger partial charge in [-0.15, -0.1) is 0 Å². The Morgan fingerprint density at radius 3 is 2.64 bits per heavy atom. The highest BCUT2D eigenvalue weighted by atomic mass is 16.5. The smallest absolute Gasteiger partial charge is 0.338 e. The summed E-state index contributed by atoms with van der Waals surface area (Å²) in [5, 5.41) is 7.57. The lowest BCUT2D eigenvalue weighted by Crippen LogP contribution is -2.51. The average Bonchev–Trinajstić information content (AvgIpc) is 3.42. The lowest BCUT2D eigenvalue weighted by molar-refractivity contribution is -0.136. The highest BCUT2D eigenvalue weighted by Crippen LogP contribution is 2.14. The Hall–Kier alpha value is -3.62. The van der Waals surface area contributed by atoms with Crippen molar-refractivity contribution >= 4 is 28.7 Å². The highest BCUT2D eigenvalue weighted by Gasteiger charge is 2.26. The largest absolute Gasteiger partial charge is 0.459 e. The third-order valence-electron chi connectivity index (χ3n) is 4.66. The number of nitrogens with one attached hydrogen (secondary N) is 1. The lowest BCUT2D eigenvalue weighted by Gasteiger charge is -2.34. The molecule has 144 valence electrons. The van der Waals surface area contributed by atoms with E-state index in [0.717, 1.165) is 10.9 Å². The van der Waals surface area contributed by atoms with Gasteiger partial charge in [0.1, 0.15) is 0 Å². The van der Waals surface area contributed by atoms with Crippen LogP contribution in [0.2, 0.25) is 0 Å². The molecule has 1 aliphatic heterocycles. The van der Waals surface area contributed by atoms with Crippen molar-refractivity contribution in [3.63, 3.8) is 0 Å². The van der Waals surface area contributed by atoms with Crippen LogP contribution in [0.15, 0.2) is 47.2 Å². The molecule has 28 heavy (non-hydrogen) atoms. The van der Waals surface area contributed by atoms with Crippen molar-refractivity contribution in [3.05, 3.63) is 54.1 Å². The minimum Gasteiger partial charge on any atom is -0.459 e. The Labute approximate surface area is 159 Å². The van der Waals surface area contributed by atoms with Crippen molar-refractivity contribution in [2.45, 2.75) is 0 Å². The van der Waals surface area contributed by atoms with Crippen LogP contribution in [0.4, 0.5) is 0 Å². The van der Waals surface area contributed by atoms with Crippen molar-refractivity contribution in [2.24, 2.45) is 0 Å². The number of carbonyl (C=O) groups is 3. The monoisotopic (exact) mass is 382 g/mol. The van der Waals surface area contributed by atoms with E-state index in [4.69, 9.17) is 9.15 Å². The van der Waals surface area contributed by atoms with Crippen LogP contribution < -0.4 is 0 Å². The van der Waals surface area contributed by atoms with Gasteiger partial charge in [0.25, 0.3) is 11.8 Å². The molecule has 0 aliphatic carbocycles. The molecule has 2 aromatic heterocycles. The van der Waals surface area contributed by atoms with Gasteiger partial charge in [-0.1, -0.05) is 6.07 Å². The standard InChI is InChI=1S/C19H18N4O5/c24-17(12-28-19(26)13-3-4-14-11-20-21-15(14)10-13)22-5-7-23(8-6-22)18(25)16-2-1-9-27-16/h1-4,9-11H,5-8,12H2,(H,20,21). The summed E-state index contributed by atoms with van der Waals surface area (Å²) < 4.78 is 10.3. The van der Waals surface area contributed by atoms with Gasteiger partial charge in [-0.3, -0.25) is 14.7 Å². The number of fused-ring (bicyclic) bond motifs is 1. The van der Waals surface area contributed by atoms with Gasteiger partial charge in [-0.25, -0.2) is 4.79 Å². The molecule has 3 heterocycles. The second-order valence-corrected chi connectivity index (χ2v) is 6.40. The molecule has 3 aromatic rings. The van der Waals surface area contributed by atoms with Crippen molar-refractivity contribution in [2.75, 3.05) is 32.8 Å². The number of esters is 1. The van der Waals surface area contributed by atoms with Crippen molar-refractivity contribution in [1.29, 1.82) is 0 Å². The van der Waals surface area contributed by atoms with Gasteiger partial charge >= 0.3 is 5.97 Å². The first-order valence-electron chi connectivity index (χ1n) is 8.82. The van der Waals surface area contributed by atoms with E-state index in [9.17, 15) is 14.4 Å². The minimum atomic E-state index is -0.573. The number of aromatic amines is 1. The van der Waals surface area contributed by atoms with E-state index in [2.05, 4.69) is 10.2 Å². The molecule has 2 amide bonds. The summed E-state index contributed by atoms with van der Waals surface area (Å²) in [6.45, 7) is 1.21. The molecule has 0 atom stereocenters. The Bertz CT molecular complexity index is 1000. The van der Waals surface area contributed by atoms with E-state index in [0.29, 0.717) is 31.7 Å². The molecule has 9 heteroatoms. The maximum atomic E-state index is 12.3. The lowest BCUT2D eigenvalue weighted by atomic mass is 10.2. The molecular formula is C19H18N4O5. The van der Waals surface area contributed by atoms with Crippen LogP contribution in [-0.2, 0) is 9.53 Å². The van der Waals surface area contributed by atoms with Gasteiger partial charge in [0.15, 0.2) is 12.4 Å². The number of rotatable bonds is 4. The SMILES string of the molecule is O=C(OCC(=O)N1CCN(C(=O)c2ccco2)CC1)c1ccc2cn[nH]c2c1. The van der Waals surface area contributed by atoms with Gasteiger partial charge in [0.2, 0.25) is 0 Å².